The molecule has 0 atom stereocenters. The second kappa shape index (κ2) is 9.89. The van der Waals surface area contributed by atoms with Gasteiger partial charge in [-0.05, 0) is 71.6 Å². The monoisotopic (exact) mass is 639 g/mol. The Morgan fingerprint density at radius 3 is 2.35 bits per heavy atom. The second-order valence-corrected chi connectivity index (χ2v) is 14.7. The van der Waals surface area contributed by atoms with Crippen LogP contribution in [-0.2, 0) is 5.41 Å². The van der Waals surface area contributed by atoms with Crippen molar-refractivity contribution >= 4 is 80.6 Å². The van der Waals surface area contributed by atoms with Gasteiger partial charge in [-0.25, -0.2) is 9.97 Å². The van der Waals surface area contributed by atoms with E-state index in [0.717, 1.165) is 33.9 Å². The van der Waals surface area contributed by atoms with Crippen LogP contribution in [0.25, 0.3) is 75.1 Å². The molecule has 230 valence electrons. The van der Waals surface area contributed by atoms with Crippen molar-refractivity contribution in [2.24, 2.45) is 0 Å². The first-order chi connectivity index (χ1) is 23.4. The molecule has 48 heavy (non-hydrogen) atoms. The number of nitrogens with one attached hydrogen (secondary N) is 1. The summed E-state index contributed by atoms with van der Waals surface area (Å²) in [6.07, 6.45) is 6.00. The summed E-state index contributed by atoms with van der Waals surface area (Å²) in [7, 11) is 0. The molecular formula is C42H31N4OS+. The molecule has 1 N–H and O–H groups in total. The average molecular weight is 640 g/mol. The number of H-pyrrole nitrogens is 1. The molecule has 6 heteroatoms. The molecule has 5 aromatic heterocycles. The highest BCUT2D eigenvalue weighted by molar-refractivity contribution is 7.26. The minimum absolute atomic E-state index is 0.0145. The summed E-state index contributed by atoms with van der Waals surface area (Å²) in [5, 5.41) is 8.43. The van der Waals surface area contributed by atoms with Gasteiger partial charge in [0.25, 0.3) is 5.65 Å². The largest absolute Gasteiger partial charge is 0.457 e. The van der Waals surface area contributed by atoms with Gasteiger partial charge in [0.2, 0.25) is 0 Å². The number of hydrogen-bond acceptors (Lipinski definition) is 3. The third kappa shape index (κ3) is 3.96. The molecule has 0 saturated carbocycles. The summed E-state index contributed by atoms with van der Waals surface area (Å²) in [5.74, 6) is 2.47. The second-order valence-electron chi connectivity index (χ2n) is 13.6. The van der Waals surface area contributed by atoms with Crippen LogP contribution in [0.4, 0.5) is 0 Å². The zero-order valence-corrected chi connectivity index (χ0v) is 27.6. The number of fused-ring (bicyclic) bond motifs is 13. The van der Waals surface area contributed by atoms with Crippen LogP contribution in [0.5, 0.6) is 11.5 Å². The van der Waals surface area contributed by atoms with Gasteiger partial charge in [0.1, 0.15) is 35.2 Å². The van der Waals surface area contributed by atoms with Gasteiger partial charge in [-0.1, -0.05) is 63.2 Å². The van der Waals surface area contributed by atoms with E-state index in [0.29, 0.717) is 0 Å². The molecule has 0 aliphatic rings. The summed E-state index contributed by atoms with van der Waals surface area (Å²) in [6, 6.07) is 39.0. The zero-order valence-electron chi connectivity index (χ0n) is 26.8. The summed E-state index contributed by atoms with van der Waals surface area (Å²) in [6.45, 7) is 6.75. The van der Waals surface area contributed by atoms with Crippen LogP contribution >= 0.6 is 11.3 Å². The number of imidazole rings is 1. The Labute approximate surface area is 280 Å². The minimum atomic E-state index is -0.0145. The van der Waals surface area contributed by atoms with E-state index in [1.54, 1.807) is 0 Å². The van der Waals surface area contributed by atoms with Crippen molar-refractivity contribution in [3.05, 3.63) is 133 Å². The van der Waals surface area contributed by atoms with Gasteiger partial charge in [-0.3, -0.25) is 4.57 Å². The molecule has 0 aliphatic carbocycles. The van der Waals surface area contributed by atoms with Crippen LogP contribution in [0.3, 0.4) is 0 Å². The van der Waals surface area contributed by atoms with Gasteiger partial charge in [0, 0.05) is 54.0 Å². The molecule has 0 saturated heterocycles. The molecule has 0 spiro atoms. The first-order valence-electron chi connectivity index (χ1n) is 16.3. The Balaban J connectivity index is 1.21. The predicted molar refractivity (Wildman–Crippen MR) is 199 cm³/mol. The molecule has 0 amide bonds. The third-order valence-electron chi connectivity index (χ3n) is 9.70. The van der Waals surface area contributed by atoms with Crippen LogP contribution in [0.15, 0.2) is 128 Å². The number of pyridine rings is 2. The number of ether oxygens (including phenoxy) is 1. The van der Waals surface area contributed by atoms with E-state index in [2.05, 4.69) is 150 Å². The molecule has 5 nitrogen and oxygen atoms in total. The van der Waals surface area contributed by atoms with E-state index in [1.807, 2.05) is 23.7 Å². The Hall–Kier alpha value is -5.72. The van der Waals surface area contributed by atoms with Gasteiger partial charge in [0.05, 0.1) is 16.4 Å². The highest BCUT2D eigenvalue weighted by atomic mass is 32.1. The van der Waals surface area contributed by atoms with Crippen LogP contribution in [-0.4, -0.2) is 14.5 Å². The number of benzene rings is 5. The summed E-state index contributed by atoms with van der Waals surface area (Å²) >= 11 is 1.84. The molecular weight excluding hydrogens is 609 g/mol. The van der Waals surface area contributed by atoms with Gasteiger partial charge in [-0.2, -0.15) is 4.40 Å². The van der Waals surface area contributed by atoms with E-state index in [9.17, 15) is 0 Å². The molecule has 0 aliphatic heterocycles. The van der Waals surface area contributed by atoms with E-state index < -0.39 is 0 Å². The zero-order chi connectivity index (χ0) is 32.1. The Morgan fingerprint density at radius 1 is 0.708 bits per heavy atom. The maximum absolute atomic E-state index is 6.68. The number of nitrogens with zero attached hydrogens (tertiary/aromatic N) is 3. The van der Waals surface area contributed by atoms with E-state index in [-0.39, 0.29) is 5.41 Å². The van der Waals surface area contributed by atoms with E-state index >= 15 is 0 Å². The topological polar surface area (TPSA) is 46.9 Å². The molecule has 0 radical (unpaired) electrons. The van der Waals surface area contributed by atoms with Crippen LogP contribution in [0.2, 0.25) is 0 Å². The quantitative estimate of drug-likeness (QED) is 0.154. The molecule has 10 aromatic rings. The van der Waals surface area contributed by atoms with Crippen LogP contribution < -0.4 is 9.14 Å². The van der Waals surface area contributed by atoms with Crippen molar-refractivity contribution in [3.8, 4) is 17.3 Å². The maximum atomic E-state index is 6.68. The first-order valence-corrected chi connectivity index (χ1v) is 17.1. The SMILES string of the molecule is CC(C)(C)c1ccnc(-n2c3cc(Oc4ccc5c6ccccc6[n+]6cc[nH]c6c5c4)ccc3c3ccc4sc5ccccc5c4c32)c1. The van der Waals surface area contributed by atoms with Crippen LogP contribution in [0.1, 0.15) is 26.3 Å². The van der Waals surface area contributed by atoms with Gasteiger partial charge in [-0.15, -0.1) is 11.3 Å². The highest BCUT2D eigenvalue weighted by Gasteiger charge is 2.22. The van der Waals surface area contributed by atoms with Gasteiger partial charge < -0.3 is 4.74 Å². The fraction of sp³-hybridized carbons (Fsp3) is 0.0952. The van der Waals surface area contributed by atoms with Crippen molar-refractivity contribution < 1.29 is 9.14 Å². The van der Waals surface area contributed by atoms with E-state index in [4.69, 9.17) is 9.72 Å². The lowest BCUT2D eigenvalue weighted by Crippen LogP contribution is -2.19. The summed E-state index contributed by atoms with van der Waals surface area (Å²) < 4.78 is 13.8. The molecule has 0 fully saturated rings. The number of thiophene rings is 1. The fourth-order valence-electron chi connectivity index (χ4n) is 7.41. The minimum Gasteiger partial charge on any atom is -0.457 e. The molecule has 0 unspecified atom stereocenters. The Kier molecular flexibility index (Phi) is 5.65. The summed E-state index contributed by atoms with van der Waals surface area (Å²) in [5.41, 5.74) is 5.69. The molecule has 5 heterocycles. The molecule has 10 rings (SSSR count). The van der Waals surface area contributed by atoms with Crippen molar-refractivity contribution in [2.45, 2.75) is 26.2 Å². The molecule has 0 bridgehead atoms. The highest BCUT2D eigenvalue weighted by Crippen LogP contribution is 2.44. The number of aromatic amines is 1. The van der Waals surface area contributed by atoms with Crippen molar-refractivity contribution in [2.75, 3.05) is 0 Å². The van der Waals surface area contributed by atoms with Gasteiger partial charge in [0.15, 0.2) is 0 Å². The van der Waals surface area contributed by atoms with Gasteiger partial charge >= 0.3 is 0 Å². The molecule has 5 aromatic carbocycles. The summed E-state index contributed by atoms with van der Waals surface area (Å²) in [4.78, 5) is 8.43. The predicted octanol–water partition coefficient (Wildman–Crippen LogP) is 11.0. The van der Waals surface area contributed by atoms with Crippen molar-refractivity contribution in [1.82, 2.24) is 14.5 Å². The standard InChI is InChI=1S/C42H30N4OS/c1-42(2,3)25-18-19-43-38(22-25)46-35-24-27(13-15-30(35)31-16-17-37-39(40(31)46)32-9-5-7-11-36(32)48-37)47-26-12-14-28-29-8-4-6-10-34(29)45-21-20-44-41(45)33(28)23-26/h4-24H,1-3H3/p+1. The fourth-order valence-corrected chi connectivity index (χ4v) is 8.52. The van der Waals surface area contributed by atoms with Crippen LogP contribution in [0, 0.1) is 0 Å². The normalized spacial score (nSPS) is 12.5. The number of rotatable bonds is 3. The van der Waals surface area contributed by atoms with Crippen molar-refractivity contribution in [3.63, 3.8) is 0 Å². The lowest BCUT2D eigenvalue weighted by Gasteiger charge is -2.20. The first kappa shape index (κ1) is 27.4. The van der Waals surface area contributed by atoms with Crippen molar-refractivity contribution in [1.29, 1.82) is 0 Å². The lowest BCUT2D eigenvalue weighted by molar-refractivity contribution is -0.478. The maximum Gasteiger partial charge on any atom is 0.292 e. The number of aromatic nitrogens is 4. The third-order valence-corrected chi connectivity index (χ3v) is 10.8. The Bertz CT molecular complexity index is 2920. The average Bonchev–Trinajstić information content (AvgIpc) is 3.82. The number of hydrogen-bond donors (Lipinski definition) is 1. The Morgan fingerprint density at radius 2 is 1.48 bits per heavy atom. The number of para-hydroxylation sites is 1. The van der Waals surface area contributed by atoms with E-state index in [1.165, 1.54) is 58.3 Å². The lowest BCUT2D eigenvalue weighted by atomic mass is 9.88. The smallest absolute Gasteiger partial charge is 0.292 e.